The molecule has 1 unspecified atom stereocenters. The summed E-state index contributed by atoms with van der Waals surface area (Å²) in [5, 5.41) is 14.7. The summed E-state index contributed by atoms with van der Waals surface area (Å²) < 4.78 is 26.4. The van der Waals surface area contributed by atoms with Crippen molar-refractivity contribution in [2.75, 3.05) is 18.5 Å². The molecule has 1 amide bonds. The number of ether oxygens (including phenoxy) is 2. The van der Waals surface area contributed by atoms with E-state index in [1.54, 1.807) is 36.5 Å². The van der Waals surface area contributed by atoms with Gasteiger partial charge in [-0.3, -0.25) is 15.4 Å². The number of nitro groups is 1. The predicted octanol–water partition coefficient (Wildman–Crippen LogP) is 6.25. The van der Waals surface area contributed by atoms with Gasteiger partial charge in [0, 0.05) is 33.7 Å². The van der Waals surface area contributed by atoms with E-state index in [4.69, 9.17) is 9.47 Å². The van der Waals surface area contributed by atoms with Gasteiger partial charge >= 0.3 is 6.09 Å². The van der Waals surface area contributed by atoms with E-state index in [2.05, 4.69) is 10.3 Å². The molecule has 4 rings (SSSR count). The molecule has 0 fully saturated rings. The highest BCUT2D eigenvalue weighted by atomic mass is 19.1. The van der Waals surface area contributed by atoms with Gasteiger partial charge in [-0.15, -0.1) is 0 Å². The third-order valence-corrected chi connectivity index (χ3v) is 5.72. The van der Waals surface area contributed by atoms with Gasteiger partial charge < -0.3 is 14.5 Å². The standard InChI is InChI=1S/C27H26FN3O5/c1-2-13-35-19-11-12-20-22(15-29-25(20)14-19)23(16-31(33)34)21-9-6-10-24(26(21)28)30-27(32)36-17-18-7-4-3-5-8-18/h3-12,14-15,23,29H,2,13,16-17H2,1H3,(H,30,32). The molecule has 2 N–H and O–H groups in total. The third kappa shape index (κ3) is 5.80. The van der Waals surface area contributed by atoms with E-state index in [0.717, 1.165) is 22.9 Å². The minimum absolute atomic E-state index is 0.0250. The second-order valence-electron chi connectivity index (χ2n) is 8.26. The highest BCUT2D eigenvalue weighted by Gasteiger charge is 2.27. The molecule has 0 saturated heterocycles. The summed E-state index contributed by atoms with van der Waals surface area (Å²) in [5.74, 6) is -0.966. The van der Waals surface area contributed by atoms with E-state index in [-0.39, 0.29) is 17.9 Å². The molecule has 9 heteroatoms. The number of rotatable bonds is 10. The summed E-state index contributed by atoms with van der Waals surface area (Å²) in [6, 6.07) is 18.9. The third-order valence-electron chi connectivity index (χ3n) is 5.72. The van der Waals surface area contributed by atoms with Crippen molar-refractivity contribution in [2.24, 2.45) is 0 Å². The van der Waals surface area contributed by atoms with Gasteiger partial charge in [-0.2, -0.15) is 0 Å². The summed E-state index contributed by atoms with van der Waals surface area (Å²) >= 11 is 0. The van der Waals surface area contributed by atoms with Crippen molar-refractivity contribution in [3.63, 3.8) is 0 Å². The van der Waals surface area contributed by atoms with Crippen LogP contribution in [-0.4, -0.2) is 29.2 Å². The second-order valence-corrected chi connectivity index (χ2v) is 8.26. The average Bonchev–Trinajstić information content (AvgIpc) is 3.30. The van der Waals surface area contributed by atoms with Crippen molar-refractivity contribution in [1.29, 1.82) is 0 Å². The molecular weight excluding hydrogens is 465 g/mol. The van der Waals surface area contributed by atoms with Gasteiger partial charge in [-0.05, 0) is 35.7 Å². The maximum Gasteiger partial charge on any atom is 0.412 e. The molecule has 0 spiro atoms. The second kappa shape index (κ2) is 11.4. The molecule has 0 radical (unpaired) electrons. The Morgan fingerprint density at radius 2 is 1.92 bits per heavy atom. The Hall–Kier alpha value is -4.40. The molecule has 1 heterocycles. The molecule has 186 valence electrons. The van der Waals surface area contributed by atoms with E-state index in [0.29, 0.717) is 17.9 Å². The fourth-order valence-electron chi connectivity index (χ4n) is 4.02. The van der Waals surface area contributed by atoms with Gasteiger partial charge in [0.05, 0.1) is 18.2 Å². The molecule has 0 aliphatic rings. The Morgan fingerprint density at radius 1 is 1.11 bits per heavy atom. The molecule has 8 nitrogen and oxygen atoms in total. The van der Waals surface area contributed by atoms with Gasteiger partial charge in [-0.1, -0.05) is 49.4 Å². The van der Waals surface area contributed by atoms with Gasteiger partial charge in [0.2, 0.25) is 6.54 Å². The molecule has 3 aromatic carbocycles. The lowest BCUT2D eigenvalue weighted by atomic mass is 9.90. The quantitative estimate of drug-likeness (QED) is 0.201. The van der Waals surface area contributed by atoms with E-state index in [9.17, 15) is 14.9 Å². The molecule has 0 bridgehead atoms. The van der Waals surface area contributed by atoms with E-state index in [1.807, 2.05) is 31.2 Å². The van der Waals surface area contributed by atoms with Crippen LogP contribution < -0.4 is 10.1 Å². The van der Waals surface area contributed by atoms with Crippen molar-refractivity contribution >= 4 is 22.7 Å². The Bertz CT molecular complexity index is 1360. The normalized spacial score (nSPS) is 11.7. The van der Waals surface area contributed by atoms with E-state index < -0.39 is 29.3 Å². The van der Waals surface area contributed by atoms with E-state index in [1.165, 1.54) is 12.1 Å². The van der Waals surface area contributed by atoms with Crippen LogP contribution in [0.1, 0.15) is 36.0 Å². The number of benzene rings is 3. The number of nitrogens with zero attached hydrogens (tertiary/aromatic N) is 1. The Kier molecular flexibility index (Phi) is 7.79. The smallest absolute Gasteiger partial charge is 0.412 e. The number of halogens is 1. The van der Waals surface area contributed by atoms with Crippen molar-refractivity contribution in [3.05, 3.63) is 106 Å². The lowest BCUT2D eigenvalue weighted by Gasteiger charge is -2.16. The molecule has 0 aliphatic carbocycles. The van der Waals surface area contributed by atoms with Crippen LogP contribution in [0.3, 0.4) is 0 Å². The maximum absolute atomic E-state index is 15.6. The number of nitrogens with one attached hydrogen (secondary N) is 2. The molecule has 36 heavy (non-hydrogen) atoms. The molecular formula is C27H26FN3O5. The highest BCUT2D eigenvalue weighted by Crippen LogP contribution is 2.35. The monoisotopic (exact) mass is 491 g/mol. The molecule has 1 atom stereocenters. The van der Waals surface area contributed by atoms with Crippen LogP contribution >= 0.6 is 0 Å². The summed E-state index contributed by atoms with van der Waals surface area (Å²) in [4.78, 5) is 26.5. The van der Waals surface area contributed by atoms with Crippen molar-refractivity contribution in [3.8, 4) is 5.75 Å². The molecule has 4 aromatic rings. The van der Waals surface area contributed by atoms with E-state index >= 15 is 4.39 Å². The first-order valence-corrected chi connectivity index (χ1v) is 11.6. The summed E-state index contributed by atoms with van der Waals surface area (Å²) in [6.07, 6.45) is 1.69. The molecule has 0 aliphatic heterocycles. The van der Waals surface area contributed by atoms with Crippen LogP contribution in [0.5, 0.6) is 5.75 Å². The first kappa shape index (κ1) is 24.7. The lowest BCUT2D eigenvalue weighted by molar-refractivity contribution is -0.481. The number of amides is 1. The van der Waals surface area contributed by atoms with Crippen LogP contribution in [0.2, 0.25) is 0 Å². The first-order valence-electron chi connectivity index (χ1n) is 11.6. The minimum Gasteiger partial charge on any atom is -0.494 e. The largest absolute Gasteiger partial charge is 0.494 e. The van der Waals surface area contributed by atoms with Crippen molar-refractivity contribution in [2.45, 2.75) is 25.9 Å². The number of aromatic nitrogens is 1. The summed E-state index contributed by atoms with van der Waals surface area (Å²) in [6.45, 7) is 2.08. The van der Waals surface area contributed by atoms with Gasteiger partial charge in [0.15, 0.2) is 5.82 Å². The number of H-pyrrole nitrogens is 1. The maximum atomic E-state index is 15.6. The Labute approximate surface area is 207 Å². The highest BCUT2D eigenvalue weighted by molar-refractivity contribution is 5.86. The van der Waals surface area contributed by atoms with Crippen LogP contribution in [0.25, 0.3) is 10.9 Å². The number of hydrogen-bond donors (Lipinski definition) is 2. The number of carbonyl (C=O) groups is 1. The zero-order valence-corrected chi connectivity index (χ0v) is 19.7. The zero-order chi connectivity index (χ0) is 25.5. The first-order chi connectivity index (χ1) is 17.5. The SMILES string of the molecule is CCCOc1ccc2c(C(C[N+](=O)[O-])c3cccc(NC(=O)OCc4ccccc4)c3F)c[nH]c2c1. The van der Waals surface area contributed by atoms with Gasteiger partial charge in [-0.25, -0.2) is 9.18 Å². The molecule has 1 aromatic heterocycles. The van der Waals surface area contributed by atoms with Crippen LogP contribution in [0.4, 0.5) is 14.9 Å². The summed E-state index contributed by atoms with van der Waals surface area (Å²) in [5.41, 5.74) is 2.07. The fraction of sp³-hybridized carbons (Fsp3) is 0.222. The number of anilines is 1. The lowest BCUT2D eigenvalue weighted by Crippen LogP contribution is -2.18. The molecule has 0 saturated carbocycles. The predicted molar refractivity (Wildman–Crippen MR) is 134 cm³/mol. The van der Waals surface area contributed by atoms with Gasteiger partial charge in [0.25, 0.3) is 0 Å². The fourth-order valence-corrected chi connectivity index (χ4v) is 4.02. The van der Waals surface area contributed by atoms with Crippen LogP contribution in [0.15, 0.2) is 72.9 Å². The van der Waals surface area contributed by atoms with Crippen LogP contribution in [-0.2, 0) is 11.3 Å². The number of aromatic amines is 1. The average molecular weight is 492 g/mol. The number of hydrogen-bond acceptors (Lipinski definition) is 5. The minimum atomic E-state index is -0.891. The summed E-state index contributed by atoms with van der Waals surface area (Å²) in [7, 11) is 0. The number of fused-ring (bicyclic) bond motifs is 1. The Morgan fingerprint density at radius 3 is 2.67 bits per heavy atom. The van der Waals surface area contributed by atoms with Crippen LogP contribution in [0, 0.1) is 15.9 Å². The topological polar surface area (TPSA) is 106 Å². The number of carbonyl (C=O) groups excluding carboxylic acids is 1. The van der Waals surface area contributed by atoms with Gasteiger partial charge in [0.1, 0.15) is 12.4 Å². The van der Waals surface area contributed by atoms with Crippen molar-refractivity contribution < 1.29 is 23.6 Å². The van der Waals surface area contributed by atoms with Crippen molar-refractivity contribution in [1.82, 2.24) is 4.98 Å². The Balaban J connectivity index is 1.59. The zero-order valence-electron chi connectivity index (χ0n) is 19.7.